The van der Waals surface area contributed by atoms with Crippen molar-refractivity contribution in [1.82, 2.24) is 24.9 Å². The lowest BCUT2D eigenvalue weighted by Crippen LogP contribution is -2.27. The third-order valence-electron chi connectivity index (χ3n) is 2.15. The highest BCUT2D eigenvalue weighted by Gasteiger charge is 2.06. The number of hydrogen-bond donors (Lipinski definition) is 1. The molecule has 16 heavy (non-hydrogen) atoms. The van der Waals surface area contributed by atoms with E-state index in [1.807, 2.05) is 12.3 Å². The lowest BCUT2D eigenvalue weighted by atomic mass is 10.3. The summed E-state index contributed by atoms with van der Waals surface area (Å²) in [4.78, 5) is 11.6. The highest BCUT2D eigenvalue weighted by Crippen LogP contribution is 1.95. The second-order valence-electron chi connectivity index (χ2n) is 3.43. The van der Waals surface area contributed by atoms with Gasteiger partial charge < -0.3 is 5.32 Å². The van der Waals surface area contributed by atoms with Gasteiger partial charge in [-0.2, -0.15) is 10.2 Å². The number of amides is 1. The van der Waals surface area contributed by atoms with Gasteiger partial charge in [-0.3, -0.25) is 14.2 Å². The molecule has 1 N–H and O–H groups in total. The highest BCUT2D eigenvalue weighted by atomic mass is 16.1. The van der Waals surface area contributed by atoms with Gasteiger partial charge in [0.05, 0.1) is 18.3 Å². The highest BCUT2D eigenvalue weighted by molar-refractivity contribution is 5.93. The molecule has 0 bridgehead atoms. The zero-order valence-corrected chi connectivity index (χ0v) is 9.00. The number of hydrogen-bond acceptors (Lipinski definition) is 3. The summed E-state index contributed by atoms with van der Waals surface area (Å²) in [6.07, 6.45) is 6.80. The second kappa shape index (κ2) is 4.61. The van der Waals surface area contributed by atoms with Crippen LogP contribution < -0.4 is 5.32 Å². The molecule has 84 valence electrons. The first-order valence-corrected chi connectivity index (χ1v) is 5.00. The number of nitrogens with one attached hydrogen (secondary N) is 1. The average Bonchev–Trinajstić information content (AvgIpc) is 2.89. The lowest BCUT2D eigenvalue weighted by molar-refractivity contribution is 0.0952. The molecule has 0 aliphatic carbocycles. The number of carbonyl (C=O) groups is 1. The standard InChI is InChI=1S/C10H13N5O/c1-14-8-9(7-13-14)10(16)11-4-6-15-5-2-3-12-15/h2-3,5,7-8H,4,6H2,1H3,(H,11,16). The smallest absolute Gasteiger partial charge is 0.254 e. The molecule has 6 heteroatoms. The van der Waals surface area contributed by atoms with Crippen LogP contribution in [-0.4, -0.2) is 32.0 Å². The molecule has 2 aromatic heterocycles. The molecule has 0 spiro atoms. The van der Waals surface area contributed by atoms with Crippen molar-refractivity contribution >= 4 is 5.91 Å². The van der Waals surface area contributed by atoms with Gasteiger partial charge >= 0.3 is 0 Å². The van der Waals surface area contributed by atoms with E-state index in [0.29, 0.717) is 18.7 Å². The molecule has 0 aromatic carbocycles. The first-order valence-electron chi connectivity index (χ1n) is 5.00. The summed E-state index contributed by atoms with van der Waals surface area (Å²) in [5, 5.41) is 10.8. The molecular formula is C10H13N5O. The van der Waals surface area contributed by atoms with Crippen molar-refractivity contribution in [2.24, 2.45) is 7.05 Å². The van der Waals surface area contributed by atoms with Gasteiger partial charge in [0.2, 0.25) is 0 Å². The molecular weight excluding hydrogens is 206 g/mol. The molecule has 0 aliphatic heterocycles. The average molecular weight is 219 g/mol. The molecule has 6 nitrogen and oxygen atoms in total. The van der Waals surface area contributed by atoms with E-state index in [1.165, 1.54) is 0 Å². The third-order valence-corrected chi connectivity index (χ3v) is 2.15. The van der Waals surface area contributed by atoms with Crippen LogP contribution in [0.1, 0.15) is 10.4 Å². The van der Waals surface area contributed by atoms with Gasteiger partial charge in [-0.15, -0.1) is 0 Å². The van der Waals surface area contributed by atoms with E-state index in [-0.39, 0.29) is 5.91 Å². The Morgan fingerprint density at radius 2 is 2.38 bits per heavy atom. The van der Waals surface area contributed by atoms with Gasteiger partial charge in [0.15, 0.2) is 0 Å². The summed E-state index contributed by atoms with van der Waals surface area (Å²) in [6.45, 7) is 1.22. The molecule has 0 unspecified atom stereocenters. The summed E-state index contributed by atoms with van der Waals surface area (Å²) >= 11 is 0. The monoisotopic (exact) mass is 219 g/mol. The van der Waals surface area contributed by atoms with Crippen LogP contribution in [0, 0.1) is 0 Å². The molecule has 0 atom stereocenters. The molecule has 2 heterocycles. The minimum absolute atomic E-state index is 0.111. The van der Waals surface area contributed by atoms with Crippen LogP contribution in [0.2, 0.25) is 0 Å². The maximum Gasteiger partial charge on any atom is 0.254 e. The Balaban J connectivity index is 1.80. The number of rotatable bonds is 4. The molecule has 1 amide bonds. The van der Waals surface area contributed by atoms with Crippen molar-refractivity contribution in [3.05, 3.63) is 36.4 Å². The van der Waals surface area contributed by atoms with E-state index in [4.69, 9.17) is 0 Å². The molecule has 0 saturated carbocycles. The van der Waals surface area contributed by atoms with Crippen LogP contribution >= 0.6 is 0 Å². The van der Waals surface area contributed by atoms with Crippen LogP contribution in [0.3, 0.4) is 0 Å². The van der Waals surface area contributed by atoms with Crippen LogP contribution in [0.25, 0.3) is 0 Å². The first kappa shape index (κ1) is 10.4. The molecule has 0 aliphatic rings. The largest absolute Gasteiger partial charge is 0.350 e. The van der Waals surface area contributed by atoms with E-state index in [2.05, 4.69) is 15.5 Å². The van der Waals surface area contributed by atoms with E-state index in [1.54, 1.807) is 35.0 Å². The van der Waals surface area contributed by atoms with Gasteiger partial charge in [-0.25, -0.2) is 0 Å². The molecule has 2 rings (SSSR count). The van der Waals surface area contributed by atoms with Crippen molar-refractivity contribution in [2.45, 2.75) is 6.54 Å². The quantitative estimate of drug-likeness (QED) is 0.790. The van der Waals surface area contributed by atoms with Crippen LogP contribution in [0.5, 0.6) is 0 Å². The van der Waals surface area contributed by atoms with Crippen molar-refractivity contribution < 1.29 is 4.79 Å². The van der Waals surface area contributed by atoms with Crippen LogP contribution in [-0.2, 0) is 13.6 Å². The molecule has 0 radical (unpaired) electrons. The zero-order chi connectivity index (χ0) is 11.4. The van der Waals surface area contributed by atoms with Crippen molar-refractivity contribution in [3.8, 4) is 0 Å². The Morgan fingerprint density at radius 1 is 1.50 bits per heavy atom. The predicted octanol–water partition coefficient (Wildman–Crippen LogP) is 0.0466. The summed E-state index contributed by atoms with van der Waals surface area (Å²) in [7, 11) is 1.78. The molecule has 0 fully saturated rings. The fraction of sp³-hybridized carbons (Fsp3) is 0.300. The van der Waals surface area contributed by atoms with Gasteiger partial charge in [0.1, 0.15) is 0 Å². The summed E-state index contributed by atoms with van der Waals surface area (Å²) in [5.74, 6) is -0.111. The van der Waals surface area contributed by atoms with Crippen LogP contribution in [0.15, 0.2) is 30.9 Å². The lowest BCUT2D eigenvalue weighted by Gasteiger charge is -2.03. The van der Waals surface area contributed by atoms with Gasteiger partial charge in [0, 0.05) is 32.2 Å². The summed E-state index contributed by atoms with van der Waals surface area (Å²) in [5.41, 5.74) is 0.572. The number of nitrogens with zero attached hydrogens (tertiary/aromatic N) is 4. The Morgan fingerprint density at radius 3 is 3.00 bits per heavy atom. The minimum atomic E-state index is -0.111. The normalized spacial score (nSPS) is 10.3. The topological polar surface area (TPSA) is 64.7 Å². The number of carbonyl (C=O) groups excluding carboxylic acids is 1. The number of aromatic nitrogens is 4. The van der Waals surface area contributed by atoms with E-state index in [0.717, 1.165) is 0 Å². The Bertz CT molecular complexity index is 459. The predicted molar refractivity (Wildman–Crippen MR) is 57.8 cm³/mol. The second-order valence-corrected chi connectivity index (χ2v) is 3.43. The van der Waals surface area contributed by atoms with E-state index in [9.17, 15) is 4.79 Å². The van der Waals surface area contributed by atoms with Gasteiger partial charge in [-0.05, 0) is 6.07 Å². The molecule has 0 saturated heterocycles. The van der Waals surface area contributed by atoms with Gasteiger partial charge in [0.25, 0.3) is 5.91 Å². The maximum absolute atomic E-state index is 11.6. The Labute approximate surface area is 92.9 Å². The Kier molecular flexibility index (Phi) is 3.00. The molecule has 2 aromatic rings. The van der Waals surface area contributed by atoms with Crippen molar-refractivity contribution in [3.63, 3.8) is 0 Å². The SMILES string of the molecule is Cn1cc(C(=O)NCCn2cccn2)cn1. The minimum Gasteiger partial charge on any atom is -0.350 e. The summed E-state index contributed by atoms with van der Waals surface area (Å²) in [6, 6.07) is 1.85. The Hall–Kier alpha value is -2.11. The fourth-order valence-corrected chi connectivity index (χ4v) is 1.36. The first-order chi connectivity index (χ1) is 7.75. The van der Waals surface area contributed by atoms with Gasteiger partial charge in [-0.1, -0.05) is 0 Å². The van der Waals surface area contributed by atoms with Crippen molar-refractivity contribution in [2.75, 3.05) is 6.54 Å². The van der Waals surface area contributed by atoms with Crippen LogP contribution in [0.4, 0.5) is 0 Å². The summed E-state index contributed by atoms with van der Waals surface area (Å²) < 4.78 is 3.37. The maximum atomic E-state index is 11.6. The van der Waals surface area contributed by atoms with E-state index < -0.39 is 0 Å². The zero-order valence-electron chi connectivity index (χ0n) is 9.00. The van der Waals surface area contributed by atoms with Crippen molar-refractivity contribution in [1.29, 1.82) is 0 Å². The third kappa shape index (κ3) is 2.47. The van der Waals surface area contributed by atoms with E-state index >= 15 is 0 Å². The number of aryl methyl sites for hydroxylation is 1. The fourth-order valence-electron chi connectivity index (χ4n) is 1.36.